The summed E-state index contributed by atoms with van der Waals surface area (Å²) in [6.07, 6.45) is 14.1. The normalized spacial score (nSPS) is 11.0. The largest absolute Gasteiger partial charge is 0.494 e. The Kier molecular flexibility index (Phi) is 9.09. The molecular weight excluding hydrogens is 310 g/mol. The van der Waals surface area contributed by atoms with E-state index in [1.165, 1.54) is 51.4 Å². The lowest BCUT2D eigenvalue weighted by Gasteiger charge is -2.09. The van der Waals surface area contributed by atoms with Crippen LogP contribution in [0.4, 0.5) is 0 Å². The number of ether oxygens (including phenoxy) is 1. The summed E-state index contributed by atoms with van der Waals surface area (Å²) in [5.74, 6) is 1.99. The Bertz CT molecular complexity index is 577. The highest BCUT2D eigenvalue weighted by molar-refractivity contribution is 5.38. The van der Waals surface area contributed by atoms with Gasteiger partial charge in [-0.2, -0.15) is 0 Å². The Morgan fingerprint density at radius 1 is 0.840 bits per heavy atom. The van der Waals surface area contributed by atoms with Crippen molar-refractivity contribution in [2.24, 2.45) is 0 Å². The van der Waals surface area contributed by atoms with Crippen LogP contribution >= 0.6 is 0 Å². The highest BCUT2D eigenvalue weighted by Crippen LogP contribution is 2.18. The third kappa shape index (κ3) is 6.89. The first-order valence-electron chi connectivity index (χ1n) is 9.97. The van der Waals surface area contributed by atoms with Gasteiger partial charge in [0.2, 0.25) is 0 Å². The fraction of sp³-hybridized carbons (Fsp3) is 0.619. The van der Waals surface area contributed by atoms with E-state index in [4.69, 9.17) is 4.74 Å². The molecule has 0 aliphatic heterocycles. The predicted octanol–water partition coefficient (Wildman–Crippen LogP) is 5.74. The van der Waals surface area contributed by atoms with Crippen LogP contribution in [0, 0.1) is 0 Å². The average molecular weight is 344 g/mol. The minimum atomic E-state index is 0.801. The van der Waals surface area contributed by atoms with E-state index < -0.39 is 0 Å². The molecule has 0 unspecified atom stereocenters. The SMILES string of the molecule is CCCCCCCc1nncn1-c1ccc(OCCCCCC)cc1. The van der Waals surface area contributed by atoms with Gasteiger partial charge in [0, 0.05) is 12.1 Å². The molecule has 4 nitrogen and oxygen atoms in total. The smallest absolute Gasteiger partial charge is 0.137 e. The van der Waals surface area contributed by atoms with Crippen molar-refractivity contribution in [3.63, 3.8) is 0 Å². The van der Waals surface area contributed by atoms with Gasteiger partial charge in [-0.15, -0.1) is 10.2 Å². The highest BCUT2D eigenvalue weighted by atomic mass is 16.5. The summed E-state index contributed by atoms with van der Waals surface area (Å²) in [7, 11) is 0. The number of aromatic nitrogens is 3. The number of unbranched alkanes of at least 4 members (excludes halogenated alkanes) is 7. The summed E-state index contributed by atoms with van der Waals surface area (Å²) in [4.78, 5) is 0. The fourth-order valence-electron chi connectivity index (χ4n) is 2.95. The van der Waals surface area contributed by atoms with Crippen LogP contribution in [0.5, 0.6) is 5.75 Å². The lowest BCUT2D eigenvalue weighted by atomic mass is 10.1. The fourth-order valence-corrected chi connectivity index (χ4v) is 2.95. The first-order valence-corrected chi connectivity index (χ1v) is 9.97. The molecule has 0 saturated carbocycles. The van der Waals surface area contributed by atoms with Gasteiger partial charge in [-0.1, -0.05) is 58.8 Å². The molecule has 2 aromatic rings. The lowest BCUT2D eigenvalue weighted by Crippen LogP contribution is -2.01. The molecule has 0 N–H and O–H groups in total. The highest BCUT2D eigenvalue weighted by Gasteiger charge is 2.06. The van der Waals surface area contributed by atoms with E-state index in [-0.39, 0.29) is 0 Å². The minimum absolute atomic E-state index is 0.801. The summed E-state index contributed by atoms with van der Waals surface area (Å²) in [5, 5.41) is 8.39. The maximum Gasteiger partial charge on any atom is 0.137 e. The van der Waals surface area contributed by atoms with E-state index in [1.807, 2.05) is 18.5 Å². The molecule has 25 heavy (non-hydrogen) atoms. The predicted molar refractivity (Wildman–Crippen MR) is 103 cm³/mol. The van der Waals surface area contributed by atoms with Crippen molar-refractivity contribution in [3.05, 3.63) is 36.4 Å². The molecule has 138 valence electrons. The van der Waals surface area contributed by atoms with Gasteiger partial charge in [-0.25, -0.2) is 0 Å². The Balaban J connectivity index is 1.82. The van der Waals surface area contributed by atoms with Gasteiger partial charge >= 0.3 is 0 Å². The van der Waals surface area contributed by atoms with E-state index in [9.17, 15) is 0 Å². The standard InChI is InChI=1S/C21H33N3O/c1-3-5-7-9-10-12-21-23-22-18-24(21)19-13-15-20(16-14-19)25-17-11-8-6-4-2/h13-16,18H,3-12,17H2,1-2H3. The summed E-state index contributed by atoms with van der Waals surface area (Å²) in [6.45, 7) is 5.27. The van der Waals surface area contributed by atoms with Gasteiger partial charge in [0.05, 0.1) is 6.61 Å². The van der Waals surface area contributed by atoms with Crippen molar-refractivity contribution in [2.75, 3.05) is 6.61 Å². The second-order valence-electron chi connectivity index (χ2n) is 6.68. The van der Waals surface area contributed by atoms with Gasteiger partial charge in [0.1, 0.15) is 17.9 Å². The van der Waals surface area contributed by atoms with Crippen LogP contribution in [0.3, 0.4) is 0 Å². The van der Waals surface area contributed by atoms with Crippen LogP contribution < -0.4 is 4.74 Å². The molecule has 0 radical (unpaired) electrons. The van der Waals surface area contributed by atoms with Crippen molar-refractivity contribution < 1.29 is 4.74 Å². The van der Waals surface area contributed by atoms with Crippen molar-refractivity contribution in [1.29, 1.82) is 0 Å². The first-order chi connectivity index (χ1) is 12.3. The molecule has 0 amide bonds. The second-order valence-corrected chi connectivity index (χ2v) is 6.68. The summed E-state index contributed by atoms with van der Waals surface area (Å²) >= 11 is 0. The number of aryl methyl sites for hydroxylation is 1. The molecule has 0 spiro atoms. The molecule has 0 bridgehead atoms. The average Bonchev–Trinajstić information content (AvgIpc) is 3.10. The molecule has 0 atom stereocenters. The van der Waals surface area contributed by atoms with Crippen LogP contribution in [0.1, 0.15) is 77.5 Å². The zero-order valence-corrected chi connectivity index (χ0v) is 15.9. The van der Waals surface area contributed by atoms with Crippen molar-refractivity contribution in [2.45, 2.75) is 78.1 Å². The molecule has 0 aliphatic rings. The lowest BCUT2D eigenvalue weighted by molar-refractivity contribution is 0.305. The zero-order chi connectivity index (χ0) is 17.7. The van der Waals surface area contributed by atoms with Crippen LogP contribution in [0.15, 0.2) is 30.6 Å². The first kappa shape index (κ1) is 19.5. The molecule has 0 aliphatic carbocycles. The Morgan fingerprint density at radius 3 is 2.24 bits per heavy atom. The third-order valence-electron chi connectivity index (χ3n) is 4.50. The quantitative estimate of drug-likeness (QED) is 0.435. The summed E-state index contributed by atoms with van der Waals surface area (Å²) in [5.41, 5.74) is 1.10. The molecular formula is C21H33N3O. The molecule has 4 heteroatoms. The molecule has 0 saturated heterocycles. The molecule has 1 aromatic heterocycles. The minimum Gasteiger partial charge on any atom is -0.494 e. The van der Waals surface area contributed by atoms with Crippen LogP contribution in [0.25, 0.3) is 5.69 Å². The number of hydrogen-bond acceptors (Lipinski definition) is 3. The molecule has 0 fully saturated rings. The van der Waals surface area contributed by atoms with Gasteiger partial charge in [-0.05, 0) is 37.1 Å². The van der Waals surface area contributed by atoms with Gasteiger partial charge < -0.3 is 4.74 Å². The summed E-state index contributed by atoms with van der Waals surface area (Å²) < 4.78 is 7.91. The van der Waals surface area contributed by atoms with E-state index in [0.29, 0.717) is 0 Å². The third-order valence-corrected chi connectivity index (χ3v) is 4.50. The Hall–Kier alpha value is -1.84. The van der Waals surface area contributed by atoms with E-state index >= 15 is 0 Å². The second kappa shape index (κ2) is 11.7. The topological polar surface area (TPSA) is 39.9 Å². The van der Waals surface area contributed by atoms with Gasteiger partial charge in [-0.3, -0.25) is 4.57 Å². The van der Waals surface area contributed by atoms with Crippen LogP contribution in [-0.2, 0) is 6.42 Å². The number of nitrogens with zero attached hydrogens (tertiary/aromatic N) is 3. The monoisotopic (exact) mass is 343 g/mol. The zero-order valence-electron chi connectivity index (χ0n) is 15.9. The van der Waals surface area contributed by atoms with Gasteiger partial charge in [0.15, 0.2) is 0 Å². The van der Waals surface area contributed by atoms with E-state index in [0.717, 1.165) is 36.7 Å². The maximum atomic E-state index is 5.82. The van der Waals surface area contributed by atoms with Crippen molar-refractivity contribution in [1.82, 2.24) is 14.8 Å². The van der Waals surface area contributed by atoms with Crippen molar-refractivity contribution >= 4 is 0 Å². The molecule has 1 heterocycles. The van der Waals surface area contributed by atoms with Crippen LogP contribution in [-0.4, -0.2) is 21.4 Å². The summed E-state index contributed by atoms with van der Waals surface area (Å²) in [6, 6.07) is 8.26. The molecule has 1 aromatic carbocycles. The molecule has 2 rings (SSSR count). The Labute approximate surface area is 152 Å². The number of hydrogen-bond donors (Lipinski definition) is 0. The number of rotatable bonds is 13. The maximum absolute atomic E-state index is 5.82. The van der Waals surface area contributed by atoms with E-state index in [2.05, 4.69) is 40.7 Å². The van der Waals surface area contributed by atoms with Crippen molar-refractivity contribution in [3.8, 4) is 11.4 Å². The number of benzene rings is 1. The van der Waals surface area contributed by atoms with Gasteiger partial charge in [0.25, 0.3) is 0 Å². The van der Waals surface area contributed by atoms with Crippen LogP contribution in [0.2, 0.25) is 0 Å². The Morgan fingerprint density at radius 2 is 1.52 bits per heavy atom. The van der Waals surface area contributed by atoms with E-state index in [1.54, 1.807) is 0 Å².